The summed E-state index contributed by atoms with van der Waals surface area (Å²) in [5, 5.41) is 5.64. The Morgan fingerprint density at radius 1 is 1.00 bits per heavy atom. The predicted octanol–water partition coefficient (Wildman–Crippen LogP) is 4.41. The fraction of sp³-hybridized carbons (Fsp3) is 0.423. The molecule has 7 nitrogen and oxygen atoms in total. The fourth-order valence-electron chi connectivity index (χ4n) is 5.33. The predicted molar refractivity (Wildman–Crippen MR) is 138 cm³/mol. The van der Waals surface area contributed by atoms with E-state index in [1.807, 2.05) is 55.5 Å². The van der Waals surface area contributed by atoms with Gasteiger partial charge in [0, 0.05) is 31.4 Å². The number of anilines is 2. The monoisotopic (exact) mass is 481 g/mol. The number of nitrogens with one attached hydrogen (secondary N) is 2. The molecule has 0 radical (unpaired) electrons. The third kappa shape index (κ3) is 4.89. The average molecular weight is 482 g/mol. The Hall–Kier alpha value is -3.06. The van der Waals surface area contributed by atoms with Crippen molar-refractivity contribution in [3.05, 3.63) is 59.7 Å². The normalized spacial score (nSPS) is 23.8. The number of carbonyl (C=O) groups excluding carboxylic acids is 2. The molecule has 0 spiro atoms. The molecule has 2 aromatic rings. The third-order valence-electron chi connectivity index (χ3n) is 7.09. The topological polar surface area (TPSA) is 77.0 Å². The van der Waals surface area contributed by atoms with Crippen molar-refractivity contribution in [1.29, 1.82) is 0 Å². The maximum atomic E-state index is 13.3. The number of hydrogen-bond donors (Lipinski definition) is 2. The number of carbonyl (C=O) groups is 2. The second-order valence-electron chi connectivity index (χ2n) is 9.53. The first-order chi connectivity index (χ1) is 16.0. The average Bonchev–Trinajstić information content (AvgIpc) is 3.18. The highest BCUT2D eigenvalue weighted by atomic mass is 35.5. The second-order valence-corrected chi connectivity index (χ2v) is 9.53. The number of benzene rings is 2. The molecule has 1 atom stereocenters. The summed E-state index contributed by atoms with van der Waals surface area (Å²) in [5.74, 6) is 1.87. The van der Waals surface area contributed by atoms with E-state index in [4.69, 9.17) is 4.99 Å². The first-order valence-electron chi connectivity index (χ1n) is 11.8. The van der Waals surface area contributed by atoms with Gasteiger partial charge in [-0.2, -0.15) is 0 Å². The number of amides is 3. The van der Waals surface area contributed by atoms with Gasteiger partial charge < -0.3 is 20.4 Å². The molecule has 2 bridgehead atoms. The van der Waals surface area contributed by atoms with E-state index in [1.54, 1.807) is 11.9 Å². The van der Waals surface area contributed by atoms with Gasteiger partial charge in [0.15, 0.2) is 0 Å². The highest BCUT2D eigenvalue weighted by molar-refractivity contribution is 6.12. The maximum absolute atomic E-state index is 13.3. The van der Waals surface area contributed by atoms with Crippen LogP contribution in [-0.2, 0) is 4.79 Å². The largest absolute Gasteiger partial charge is 0.356 e. The van der Waals surface area contributed by atoms with Gasteiger partial charge in [0.05, 0.1) is 5.69 Å². The van der Waals surface area contributed by atoms with Gasteiger partial charge in [-0.05, 0) is 74.3 Å². The molecule has 3 fully saturated rings. The summed E-state index contributed by atoms with van der Waals surface area (Å²) in [6, 6.07) is 15.0. The summed E-state index contributed by atoms with van der Waals surface area (Å²) in [7, 11) is 1.75. The quantitative estimate of drug-likeness (QED) is 0.667. The highest BCUT2D eigenvalue weighted by Gasteiger charge is 2.36. The first-order valence-corrected chi connectivity index (χ1v) is 11.8. The fourth-order valence-corrected chi connectivity index (χ4v) is 5.33. The Labute approximate surface area is 207 Å². The second kappa shape index (κ2) is 10.1. The van der Waals surface area contributed by atoms with Crippen LogP contribution in [-0.4, -0.2) is 49.0 Å². The lowest BCUT2D eigenvalue weighted by atomic mass is 9.84. The number of fused-ring (bicyclic) bond motifs is 5. The number of nitrogens with zero attached hydrogens (tertiary/aromatic N) is 3. The number of aliphatic imine (C=N–C) groups is 1. The molecule has 8 heteroatoms. The van der Waals surface area contributed by atoms with Gasteiger partial charge >= 0.3 is 6.03 Å². The van der Waals surface area contributed by atoms with Gasteiger partial charge in [0.2, 0.25) is 6.17 Å². The molecule has 3 aliphatic heterocycles. The standard InChI is InChI=1S/C26H31N5O2.ClH/c1-17-6-5-7-20(14-17)27-26(33)29-23-25(32)30(2)22-9-4-3-8-21(22)24(28-23)31-15-18-10-11-19(16-31)13-12-18;/h3-9,14,18-19,23H,10-13,15-16H2,1-2H3,(H2,27,29,33);1H/t18?,19?,23-;/m1./s1. The molecule has 2 saturated heterocycles. The van der Waals surface area contributed by atoms with Crippen molar-refractivity contribution < 1.29 is 9.59 Å². The number of amidine groups is 1. The van der Waals surface area contributed by atoms with E-state index < -0.39 is 12.2 Å². The van der Waals surface area contributed by atoms with Crippen LogP contribution in [0.2, 0.25) is 0 Å². The van der Waals surface area contributed by atoms with Crippen LogP contribution >= 0.6 is 12.4 Å². The minimum absolute atomic E-state index is 0. The maximum Gasteiger partial charge on any atom is 0.321 e. The van der Waals surface area contributed by atoms with Gasteiger partial charge in [-0.3, -0.25) is 4.79 Å². The smallest absolute Gasteiger partial charge is 0.321 e. The van der Waals surface area contributed by atoms with Crippen molar-refractivity contribution in [1.82, 2.24) is 10.2 Å². The van der Waals surface area contributed by atoms with E-state index in [0.717, 1.165) is 35.7 Å². The minimum Gasteiger partial charge on any atom is -0.356 e. The van der Waals surface area contributed by atoms with E-state index >= 15 is 0 Å². The summed E-state index contributed by atoms with van der Waals surface area (Å²) in [4.78, 5) is 35.0. The molecule has 2 N–H and O–H groups in total. The molecule has 3 heterocycles. The molecule has 1 aliphatic carbocycles. The van der Waals surface area contributed by atoms with Gasteiger partial charge in [-0.1, -0.05) is 24.3 Å². The van der Waals surface area contributed by atoms with Crippen LogP contribution in [0.25, 0.3) is 0 Å². The molecular formula is C26H32ClN5O2. The summed E-state index contributed by atoms with van der Waals surface area (Å²) < 4.78 is 0. The van der Waals surface area contributed by atoms with Crippen molar-refractivity contribution >= 4 is 41.6 Å². The summed E-state index contributed by atoms with van der Waals surface area (Å²) in [5.41, 5.74) is 3.49. The zero-order valence-corrected chi connectivity index (χ0v) is 20.5. The number of rotatable bonds is 2. The first kappa shape index (κ1) is 24.1. The van der Waals surface area contributed by atoms with Gasteiger partial charge in [0.1, 0.15) is 5.84 Å². The van der Waals surface area contributed by atoms with Crippen molar-refractivity contribution in [2.24, 2.45) is 16.8 Å². The molecule has 3 amide bonds. The molecule has 0 unspecified atom stereocenters. The number of urea groups is 1. The van der Waals surface area contributed by atoms with Crippen LogP contribution in [0, 0.1) is 18.8 Å². The summed E-state index contributed by atoms with van der Waals surface area (Å²) in [6.07, 6.45) is 4.04. The number of aryl methyl sites for hydroxylation is 1. The van der Waals surface area contributed by atoms with E-state index in [1.165, 1.54) is 25.7 Å². The van der Waals surface area contributed by atoms with Crippen LogP contribution < -0.4 is 15.5 Å². The zero-order valence-electron chi connectivity index (χ0n) is 19.7. The zero-order chi connectivity index (χ0) is 22.9. The molecule has 1 saturated carbocycles. The van der Waals surface area contributed by atoms with Crippen molar-refractivity contribution in [3.63, 3.8) is 0 Å². The van der Waals surface area contributed by atoms with E-state index in [9.17, 15) is 9.59 Å². The highest BCUT2D eigenvalue weighted by Crippen LogP contribution is 2.36. The Balaban J connectivity index is 0.00000274. The lowest BCUT2D eigenvalue weighted by Crippen LogP contribution is -2.47. The molecule has 0 aromatic heterocycles. The number of halogens is 1. The van der Waals surface area contributed by atoms with Crippen molar-refractivity contribution in [2.75, 3.05) is 30.4 Å². The third-order valence-corrected chi connectivity index (χ3v) is 7.09. The number of benzodiazepines with no additional fused rings is 1. The van der Waals surface area contributed by atoms with E-state index in [2.05, 4.69) is 15.5 Å². The Bertz CT molecular complexity index is 1080. The van der Waals surface area contributed by atoms with Crippen LogP contribution in [0.5, 0.6) is 0 Å². The summed E-state index contributed by atoms with van der Waals surface area (Å²) >= 11 is 0. The molecule has 34 heavy (non-hydrogen) atoms. The minimum atomic E-state index is -0.997. The Morgan fingerprint density at radius 2 is 1.68 bits per heavy atom. The molecule has 180 valence electrons. The number of hydrogen-bond acceptors (Lipinski definition) is 4. The van der Waals surface area contributed by atoms with Crippen LogP contribution in [0.3, 0.4) is 0 Å². The number of likely N-dealkylation sites (N-methyl/N-ethyl adjacent to an activating group) is 1. The van der Waals surface area contributed by atoms with E-state index in [-0.39, 0.29) is 18.3 Å². The van der Waals surface area contributed by atoms with Gasteiger partial charge in [-0.25, -0.2) is 9.79 Å². The van der Waals surface area contributed by atoms with Crippen molar-refractivity contribution in [3.8, 4) is 0 Å². The Morgan fingerprint density at radius 3 is 2.35 bits per heavy atom. The molecule has 4 aliphatic rings. The van der Waals surface area contributed by atoms with E-state index in [0.29, 0.717) is 17.5 Å². The van der Waals surface area contributed by atoms with Crippen molar-refractivity contribution in [2.45, 2.75) is 38.8 Å². The SMILES string of the molecule is Cc1cccc(NC(=O)N[C@H]2N=C(N3CC4CCC(CC4)C3)c3ccccc3N(C)C2=O)c1.Cl. The lowest BCUT2D eigenvalue weighted by molar-refractivity contribution is -0.119. The van der Waals surface area contributed by atoms with Crippen LogP contribution in [0.4, 0.5) is 16.2 Å². The molecule has 6 rings (SSSR count). The number of para-hydroxylation sites is 1. The van der Waals surface area contributed by atoms with Crippen LogP contribution in [0.1, 0.15) is 36.8 Å². The lowest BCUT2D eigenvalue weighted by Gasteiger charge is -2.27. The van der Waals surface area contributed by atoms with Gasteiger partial charge in [-0.15, -0.1) is 12.4 Å². The van der Waals surface area contributed by atoms with Crippen LogP contribution in [0.15, 0.2) is 53.5 Å². The Kier molecular flexibility index (Phi) is 7.12. The molecular weight excluding hydrogens is 450 g/mol. The summed E-state index contributed by atoms with van der Waals surface area (Å²) in [6.45, 7) is 3.86. The molecule has 2 aromatic carbocycles. The van der Waals surface area contributed by atoms with Gasteiger partial charge in [0.25, 0.3) is 5.91 Å².